The Kier molecular flexibility index (Phi) is 4.41. The molecule has 1 heterocycles. The fraction of sp³-hybridized carbons (Fsp3) is 0.231. The number of aryl methyl sites for hydroxylation is 2. The molecule has 2 rings (SSSR count). The summed E-state index contributed by atoms with van der Waals surface area (Å²) >= 11 is 3.72. The zero-order valence-corrected chi connectivity index (χ0v) is 13.4. The number of carbonyl (C=O) groups is 1. The zero-order chi connectivity index (χ0) is 14.0. The van der Waals surface area contributed by atoms with E-state index in [1.807, 2.05) is 13.8 Å². The number of ether oxygens (including phenoxy) is 1. The first-order valence-electron chi connectivity index (χ1n) is 5.56. The van der Waals surface area contributed by atoms with Crippen LogP contribution >= 0.6 is 33.9 Å². The van der Waals surface area contributed by atoms with Gasteiger partial charge in [-0.1, -0.05) is 0 Å². The number of nitrogens with zero attached hydrogens (tertiary/aromatic N) is 1. The van der Waals surface area contributed by atoms with Crippen molar-refractivity contribution in [1.29, 1.82) is 0 Å². The third kappa shape index (κ3) is 3.44. The SMILES string of the molecule is Cc1nc(COc2cc(C(=O)O)ccc2I)sc1C. The van der Waals surface area contributed by atoms with Gasteiger partial charge in [-0.05, 0) is 54.6 Å². The van der Waals surface area contributed by atoms with Crippen LogP contribution in [0.15, 0.2) is 18.2 Å². The molecule has 0 aliphatic rings. The van der Waals surface area contributed by atoms with Gasteiger partial charge in [-0.25, -0.2) is 9.78 Å². The van der Waals surface area contributed by atoms with Gasteiger partial charge in [0.05, 0.1) is 14.8 Å². The van der Waals surface area contributed by atoms with E-state index in [0.29, 0.717) is 12.4 Å². The lowest BCUT2D eigenvalue weighted by Gasteiger charge is -2.07. The quantitative estimate of drug-likeness (QED) is 0.812. The number of carboxylic acid groups (broad SMARTS) is 1. The molecule has 1 aromatic heterocycles. The van der Waals surface area contributed by atoms with E-state index in [9.17, 15) is 4.79 Å². The van der Waals surface area contributed by atoms with Crippen LogP contribution < -0.4 is 4.74 Å². The number of benzene rings is 1. The minimum absolute atomic E-state index is 0.224. The molecule has 2 aromatic rings. The Morgan fingerprint density at radius 3 is 2.79 bits per heavy atom. The molecule has 4 nitrogen and oxygen atoms in total. The zero-order valence-electron chi connectivity index (χ0n) is 10.4. The van der Waals surface area contributed by atoms with Crippen molar-refractivity contribution in [1.82, 2.24) is 4.98 Å². The van der Waals surface area contributed by atoms with Gasteiger partial charge in [-0.15, -0.1) is 11.3 Å². The monoisotopic (exact) mass is 389 g/mol. The Bertz CT molecular complexity index is 605. The first-order valence-corrected chi connectivity index (χ1v) is 7.45. The van der Waals surface area contributed by atoms with Crippen molar-refractivity contribution in [2.24, 2.45) is 0 Å². The van der Waals surface area contributed by atoms with Gasteiger partial charge in [0.25, 0.3) is 0 Å². The number of aromatic carboxylic acids is 1. The highest BCUT2D eigenvalue weighted by Crippen LogP contribution is 2.24. The third-order valence-corrected chi connectivity index (χ3v) is 4.54. The van der Waals surface area contributed by atoms with Gasteiger partial charge >= 0.3 is 5.97 Å². The minimum atomic E-state index is -0.956. The van der Waals surface area contributed by atoms with Crippen LogP contribution in [-0.4, -0.2) is 16.1 Å². The molecule has 100 valence electrons. The summed E-state index contributed by atoms with van der Waals surface area (Å²) in [6.45, 7) is 4.34. The summed E-state index contributed by atoms with van der Waals surface area (Å²) in [5, 5.41) is 9.85. The summed E-state index contributed by atoms with van der Waals surface area (Å²) in [6, 6.07) is 4.84. The number of thiazole rings is 1. The Morgan fingerprint density at radius 1 is 1.47 bits per heavy atom. The Balaban J connectivity index is 2.14. The van der Waals surface area contributed by atoms with Crippen LogP contribution in [0.25, 0.3) is 0 Å². The maximum atomic E-state index is 10.9. The first kappa shape index (κ1) is 14.3. The van der Waals surface area contributed by atoms with Crippen LogP contribution in [0.1, 0.15) is 25.9 Å². The van der Waals surface area contributed by atoms with Gasteiger partial charge < -0.3 is 9.84 Å². The lowest BCUT2D eigenvalue weighted by molar-refractivity contribution is 0.0696. The molecule has 0 aliphatic heterocycles. The smallest absolute Gasteiger partial charge is 0.335 e. The number of aromatic nitrogens is 1. The number of carboxylic acids is 1. The lowest BCUT2D eigenvalue weighted by atomic mass is 10.2. The van der Waals surface area contributed by atoms with E-state index in [4.69, 9.17) is 9.84 Å². The van der Waals surface area contributed by atoms with Crippen molar-refractivity contribution in [2.75, 3.05) is 0 Å². The van der Waals surface area contributed by atoms with Crippen LogP contribution in [-0.2, 0) is 6.61 Å². The van der Waals surface area contributed by atoms with Gasteiger partial charge in [0.1, 0.15) is 17.4 Å². The first-order chi connectivity index (χ1) is 8.97. The second-order valence-electron chi connectivity index (χ2n) is 3.99. The minimum Gasteiger partial charge on any atom is -0.485 e. The summed E-state index contributed by atoms with van der Waals surface area (Å²) in [6.07, 6.45) is 0. The average Bonchev–Trinajstić information content (AvgIpc) is 2.67. The third-order valence-electron chi connectivity index (χ3n) is 2.60. The predicted octanol–water partition coefficient (Wildman–Crippen LogP) is 3.64. The highest BCUT2D eigenvalue weighted by Gasteiger charge is 2.10. The fourth-order valence-corrected chi connectivity index (χ4v) is 2.83. The maximum Gasteiger partial charge on any atom is 0.335 e. The Labute approximate surface area is 128 Å². The molecule has 0 radical (unpaired) electrons. The normalized spacial score (nSPS) is 10.5. The van der Waals surface area contributed by atoms with Gasteiger partial charge in [0, 0.05) is 4.88 Å². The second-order valence-corrected chi connectivity index (χ2v) is 6.44. The molecular weight excluding hydrogens is 377 g/mol. The van der Waals surface area contributed by atoms with E-state index >= 15 is 0 Å². The molecule has 0 atom stereocenters. The Hall–Kier alpha value is -1.15. The number of hydrogen-bond donors (Lipinski definition) is 1. The van der Waals surface area contributed by atoms with E-state index in [0.717, 1.165) is 14.3 Å². The topological polar surface area (TPSA) is 59.4 Å². The van der Waals surface area contributed by atoms with Crippen molar-refractivity contribution < 1.29 is 14.6 Å². The van der Waals surface area contributed by atoms with Crippen molar-refractivity contribution in [2.45, 2.75) is 20.5 Å². The molecule has 0 aliphatic carbocycles. The lowest BCUT2D eigenvalue weighted by Crippen LogP contribution is -2.00. The highest BCUT2D eigenvalue weighted by atomic mass is 127. The molecule has 0 unspecified atom stereocenters. The molecule has 1 N–H and O–H groups in total. The second kappa shape index (κ2) is 5.87. The summed E-state index contributed by atoms with van der Waals surface area (Å²) in [5.41, 5.74) is 1.24. The van der Waals surface area contributed by atoms with Crippen LogP contribution in [0.2, 0.25) is 0 Å². The average molecular weight is 389 g/mol. The summed E-state index contributed by atoms with van der Waals surface area (Å²) in [4.78, 5) is 16.5. The van der Waals surface area contributed by atoms with E-state index in [1.54, 1.807) is 23.5 Å². The molecule has 0 amide bonds. The van der Waals surface area contributed by atoms with Gasteiger partial charge in [-0.2, -0.15) is 0 Å². The van der Waals surface area contributed by atoms with E-state index in [1.165, 1.54) is 10.9 Å². The van der Waals surface area contributed by atoms with E-state index in [-0.39, 0.29) is 5.56 Å². The molecule has 19 heavy (non-hydrogen) atoms. The molecule has 0 fully saturated rings. The molecule has 0 bridgehead atoms. The number of halogens is 1. The Morgan fingerprint density at radius 2 is 2.21 bits per heavy atom. The van der Waals surface area contributed by atoms with Crippen LogP contribution in [0, 0.1) is 17.4 Å². The molecule has 0 spiro atoms. The van der Waals surface area contributed by atoms with Crippen molar-refractivity contribution in [3.63, 3.8) is 0 Å². The van der Waals surface area contributed by atoms with E-state index in [2.05, 4.69) is 27.6 Å². The number of hydrogen-bond acceptors (Lipinski definition) is 4. The molecule has 0 saturated heterocycles. The molecular formula is C13H12INO3S. The van der Waals surface area contributed by atoms with E-state index < -0.39 is 5.97 Å². The van der Waals surface area contributed by atoms with Crippen LogP contribution in [0.5, 0.6) is 5.75 Å². The van der Waals surface area contributed by atoms with Crippen LogP contribution in [0.4, 0.5) is 0 Å². The van der Waals surface area contributed by atoms with Crippen molar-refractivity contribution in [3.8, 4) is 5.75 Å². The predicted molar refractivity (Wildman–Crippen MR) is 82.0 cm³/mol. The van der Waals surface area contributed by atoms with Gasteiger partial charge in [0.15, 0.2) is 0 Å². The molecule has 1 aromatic carbocycles. The maximum absolute atomic E-state index is 10.9. The summed E-state index contributed by atoms with van der Waals surface area (Å²) in [5.74, 6) is -0.381. The summed E-state index contributed by atoms with van der Waals surface area (Å²) < 4.78 is 6.54. The van der Waals surface area contributed by atoms with Crippen LogP contribution in [0.3, 0.4) is 0 Å². The summed E-state index contributed by atoms with van der Waals surface area (Å²) in [7, 11) is 0. The highest BCUT2D eigenvalue weighted by molar-refractivity contribution is 14.1. The molecule has 6 heteroatoms. The standard InChI is InChI=1S/C13H12INO3S/c1-7-8(2)19-12(15-7)6-18-11-5-9(13(16)17)3-4-10(11)14/h3-5H,6H2,1-2H3,(H,16,17). The molecule has 0 saturated carbocycles. The van der Waals surface area contributed by atoms with Crippen molar-refractivity contribution >= 4 is 39.9 Å². The number of rotatable bonds is 4. The van der Waals surface area contributed by atoms with Crippen molar-refractivity contribution in [3.05, 3.63) is 42.9 Å². The fourth-order valence-electron chi connectivity index (χ4n) is 1.49. The van der Waals surface area contributed by atoms with Gasteiger partial charge in [0.2, 0.25) is 0 Å². The van der Waals surface area contributed by atoms with Gasteiger partial charge in [-0.3, -0.25) is 0 Å². The largest absolute Gasteiger partial charge is 0.485 e.